The zero-order valence-corrected chi connectivity index (χ0v) is 10.8. The van der Waals surface area contributed by atoms with E-state index in [0.717, 1.165) is 6.42 Å². The molecule has 1 heterocycles. The van der Waals surface area contributed by atoms with E-state index in [1.807, 2.05) is 13.8 Å². The van der Waals surface area contributed by atoms with Crippen LogP contribution in [-0.2, 0) is 13.5 Å². The molecule has 1 aromatic heterocycles. The Hall–Kier alpha value is -1.76. The minimum Gasteiger partial charge on any atom is -0.344 e. The molecular weight excluding hydrogens is 206 g/mol. The smallest absolute Gasteiger partial charge is 0.0485 e. The maximum absolute atomic E-state index is 2.27. The predicted molar refractivity (Wildman–Crippen MR) is 76.1 cm³/mol. The molecule has 0 N–H and O–H groups in total. The Bertz CT molecular complexity index is 570. The van der Waals surface area contributed by atoms with Crippen molar-refractivity contribution in [2.45, 2.75) is 20.3 Å². The van der Waals surface area contributed by atoms with E-state index in [9.17, 15) is 0 Å². The molecule has 0 bridgehead atoms. The largest absolute Gasteiger partial charge is 0.344 e. The van der Waals surface area contributed by atoms with Crippen LogP contribution in [0.25, 0.3) is 17.0 Å². The van der Waals surface area contributed by atoms with E-state index < -0.39 is 0 Å². The van der Waals surface area contributed by atoms with Crippen LogP contribution in [0.4, 0.5) is 0 Å². The molecule has 0 amide bonds. The first kappa shape index (κ1) is 11.7. The molecule has 1 aromatic carbocycles. The monoisotopic (exact) mass is 225 g/mol. The third-order valence-electron chi connectivity index (χ3n) is 3.08. The zero-order chi connectivity index (χ0) is 12.3. The first-order chi connectivity index (χ1) is 8.38. The van der Waals surface area contributed by atoms with Crippen LogP contribution in [0.5, 0.6) is 0 Å². The van der Waals surface area contributed by atoms with Crippen LogP contribution in [0.1, 0.15) is 25.1 Å². The lowest BCUT2D eigenvalue weighted by Crippen LogP contribution is -1.91. The van der Waals surface area contributed by atoms with Crippen LogP contribution < -0.4 is 0 Å². The van der Waals surface area contributed by atoms with Gasteiger partial charge < -0.3 is 4.57 Å². The molecule has 2 aromatic rings. The summed E-state index contributed by atoms with van der Waals surface area (Å²) < 4.78 is 2.27. The van der Waals surface area contributed by atoms with Gasteiger partial charge in [0.15, 0.2) is 0 Å². The van der Waals surface area contributed by atoms with Crippen LogP contribution in [0.15, 0.2) is 42.5 Å². The second-order valence-corrected chi connectivity index (χ2v) is 3.93. The van der Waals surface area contributed by atoms with Crippen molar-refractivity contribution < 1.29 is 0 Å². The topological polar surface area (TPSA) is 4.93 Å². The number of aromatic nitrogens is 1. The van der Waals surface area contributed by atoms with Gasteiger partial charge in [-0.25, -0.2) is 0 Å². The highest BCUT2D eigenvalue weighted by Crippen LogP contribution is 2.28. The summed E-state index contributed by atoms with van der Waals surface area (Å²) in [4.78, 5) is 0. The minimum atomic E-state index is 1.03. The number of benzene rings is 1. The fraction of sp³-hybridized carbons (Fsp3) is 0.250. The first-order valence-corrected chi connectivity index (χ1v) is 6.27. The average Bonchev–Trinajstić information content (AvgIpc) is 2.59. The van der Waals surface area contributed by atoms with Gasteiger partial charge >= 0.3 is 0 Å². The molecule has 1 nitrogen and oxygen atoms in total. The molecule has 1 aliphatic rings. The third kappa shape index (κ3) is 1.93. The number of hydrogen-bond acceptors (Lipinski definition) is 0. The molecule has 17 heavy (non-hydrogen) atoms. The van der Waals surface area contributed by atoms with Crippen molar-refractivity contribution in [3.8, 4) is 0 Å². The molecule has 0 aliphatic heterocycles. The molecule has 0 atom stereocenters. The first-order valence-electron chi connectivity index (χ1n) is 6.27. The normalized spacial score (nSPS) is 12.9. The van der Waals surface area contributed by atoms with E-state index in [-0.39, 0.29) is 0 Å². The third-order valence-corrected chi connectivity index (χ3v) is 3.08. The number of aryl methyl sites for hydroxylation is 1. The molecule has 0 saturated carbocycles. The number of allylic oxidation sites excluding steroid dienone is 3. The summed E-state index contributed by atoms with van der Waals surface area (Å²) in [5.74, 6) is 0. The van der Waals surface area contributed by atoms with Gasteiger partial charge in [-0.3, -0.25) is 0 Å². The van der Waals surface area contributed by atoms with E-state index in [2.05, 4.69) is 60.2 Å². The molecular formula is C16H19N. The van der Waals surface area contributed by atoms with Gasteiger partial charge in [-0.15, -0.1) is 0 Å². The fourth-order valence-corrected chi connectivity index (χ4v) is 2.33. The molecule has 0 saturated heterocycles. The van der Waals surface area contributed by atoms with E-state index >= 15 is 0 Å². The summed E-state index contributed by atoms with van der Waals surface area (Å²) in [6, 6.07) is 8.60. The quantitative estimate of drug-likeness (QED) is 0.629. The Kier molecular flexibility index (Phi) is 3.48. The van der Waals surface area contributed by atoms with Crippen molar-refractivity contribution in [1.82, 2.24) is 4.57 Å². The molecule has 3 rings (SSSR count). The summed E-state index contributed by atoms with van der Waals surface area (Å²) >= 11 is 0. The fourth-order valence-electron chi connectivity index (χ4n) is 2.33. The highest BCUT2D eigenvalue weighted by atomic mass is 14.9. The number of para-hydroxylation sites is 1. The van der Waals surface area contributed by atoms with Crippen molar-refractivity contribution in [3.05, 3.63) is 53.8 Å². The highest BCUT2D eigenvalue weighted by Gasteiger charge is 2.11. The summed E-state index contributed by atoms with van der Waals surface area (Å²) in [7, 11) is 2.14. The SMILES string of the molecule is CC.Cn1c2c(c3ccccc31)CC=CC=C2. The van der Waals surface area contributed by atoms with Crippen molar-refractivity contribution in [3.63, 3.8) is 0 Å². The van der Waals surface area contributed by atoms with Crippen molar-refractivity contribution in [1.29, 1.82) is 0 Å². The number of nitrogens with zero attached hydrogens (tertiary/aromatic N) is 1. The Labute approximate surface area is 103 Å². The van der Waals surface area contributed by atoms with Gasteiger partial charge in [0, 0.05) is 23.6 Å². The molecule has 0 unspecified atom stereocenters. The van der Waals surface area contributed by atoms with Gasteiger partial charge in [0.05, 0.1) is 0 Å². The number of fused-ring (bicyclic) bond motifs is 3. The lowest BCUT2D eigenvalue weighted by atomic mass is 10.1. The number of hydrogen-bond donors (Lipinski definition) is 0. The van der Waals surface area contributed by atoms with Gasteiger partial charge in [0.2, 0.25) is 0 Å². The van der Waals surface area contributed by atoms with Crippen molar-refractivity contribution >= 4 is 17.0 Å². The van der Waals surface area contributed by atoms with Gasteiger partial charge in [-0.2, -0.15) is 0 Å². The molecule has 1 heteroatoms. The second kappa shape index (κ2) is 5.05. The van der Waals surface area contributed by atoms with Crippen LogP contribution in [-0.4, -0.2) is 4.57 Å². The van der Waals surface area contributed by atoms with E-state index in [0.29, 0.717) is 0 Å². The highest BCUT2D eigenvalue weighted by molar-refractivity contribution is 5.88. The second-order valence-electron chi connectivity index (χ2n) is 3.93. The van der Waals surface area contributed by atoms with E-state index in [1.165, 1.54) is 22.2 Å². The van der Waals surface area contributed by atoms with Gasteiger partial charge in [0.25, 0.3) is 0 Å². The van der Waals surface area contributed by atoms with Gasteiger partial charge in [0.1, 0.15) is 0 Å². The number of rotatable bonds is 0. The molecule has 88 valence electrons. The average molecular weight is 225 g/mol. The van der Waals surface area contributed by atoms with Crippen LogP contribution in [0.2, 0.25) is 0 Å². The van der Waals surface area contributed by atoms with Crippen molar-refractivity contribution in [2.75, 3.05) is 0 Å². The van der Waals surface area contributed by atoms with Crippen molar-refractivity contribution in [2.24, 2.45) is 7.05 Å². The summed E-state index contributed by atoms with van der Waals surface area (Å²) in [5.41, 5.74) is 4.10. The Morgan fingerprint density at radius 2 is 1.82 bits per heavy atom. The molecule has 0 radical (unpaired) electrons. The molecule has 0 fully saturated rings. The Morgan fingerprint density at radius 1 is 1.06 bits per heavy atom. The van der Waals surface area contributed by atoms with Crippen LogP contribution in [0, 0.1) is 0 Å². The molecule has 1 aliphatic carbocycles. The summed E-state index contributed by atoms with van der Waals surface area (Å²) in [6.07, 6.45) is 9.68. The summed E-state index contributed by atoms with van der Waals surface area (Å²) in [6.45, 7) is 4.00. The lowest BCUT2D eigenvalue weighted by Gasteiger charge is -1.99. The summed E-state index contributed by atoms with van der Waals surface area (Å²) in [5, 5.41) is 1.38. The Morgan fingerprint density at radius 3 is 2.65 bits per heavy atom. The van der Waals surface area contributed by atoms with E-state index in [1.54, 1.807) is 0 Å². The van der Waals surface area contributed by atoms with Gasteiger partial charge in [-0.1, -0.05) is 50.3 Å². The molecule has 0 spiro atoms. The zero-order valence-electron chi connectivity index (χ0n) is 10.8. The maximum Gasteiger partial charge on any atom is 0.0485 e. The van der Waals surface area contributed by atoms with Crippen LogP contribution in [0.3, 0.4) is 0 Å². The predicted octanol–water partition coefficient (Wildman–Crippen LogP) is 4.33. The van der Waals surface area contributed by atoms with Gasteiger partial charge in [-0.05, 0) is 24.1 Å². The maximum atomic E-state index is 2.27. The van der Waals surface area contributed by atoms with E-state index in [4.69, 9.17) is 0 Å². The Balaban J connectivity index is 0.000000514. The lowest BCUT2D eigenvalue weighted by molar-refractivity contribution is 0.945. The standard InChI is InChI=1S/C14H13N.C2H6/c1-15-13-9-4-2-3-7-11(13)12-8-5-6-10-14(12)15;1-2/h2-6,8-10H,7H2,1H3;1-2H3. The van der Waals surface area contributed by atoms with Crippen LogP contribution >= 0.6 is 0 Å². The minimum absolute atomic E-state index is 1.03.